The predicted octanol–water partition coefficient (Wildman–Crippen LogP) is -0.0642. The quantitative estimate of drug-likeness (QED) is 0.794. The summed E-state index contributed by atoms with van der Waals surface area (Å²) in [6.07, 6.45) is 3.09. The number of halogens is 1. The maximum atomic E-state index is 11.3. The Morgan fingerprint density at radius 2 is 2.24 bits per heavy atom. The molecule has 0 aliphatic carbocycles. The van der Waals surface area contributed by atoms with E-state index >= 15 is 0 Å². The number of morpholine rings is 1. The van der Waals surface area contributed by atoms with E-state index in [1.54, 1.807) is 6.20 Å². The van der Waals surface area contributed by atoms with Crippen LogP contribution >= 0.6 is 12.4 Å². The van der Waals surface area contributed by atoms with E-state index in [4.69, 9.17) is 4.74 Å². The van der Waals surface area contributed by atoms with Crippen molar-refractivity contribution in [1.29, 1.82) is 0 Å². The molecule has 0 spiro atoms. The van der Waals surface area contributed by atoms with Crippen LogP contribution in [0, 0.1) is 0 Å². The molecule has 6 nitrogen and oxygen atoms in total. The van der Waals surface area contributed by atoms with Crippen molar-refractivity contribution in [3.05, 3.63) is 22.7 Å². The van der Waals surface area contributed by atoms with Crippen LogP contribution in [-0.4, -0.2) is 54.3 Å². The van der Waals surface area contributed by atoms with Crippen LogP contribution in [0.2, 0.25) is 0 Å². The van der Waals surface area contributed by atoms with Gasteiger partial charge < -0.3 is 15.0 Å². The number of aromatic nitrogens is 2. The van der Waals surface area contributed by atoms with Crippen molar-refractivity contribution in [2.45, 2.75) is 0 Å². The predicted molar refractivity (Wildman–Crippen MR) is 67.9 cm³/mol. The molecule has 1 aromatic heterocycles. The van der Waals surface area contributed by atoms with Crippen molar-refractivity contribution in [3.63, 3.8) is 0 Å². The van der Waals surface area contributed by atoms with E-state index in [-0.39, 0.29) is 18.0 Å². The number of ether oxygens (including phenoxy) is 1. The van der Waals surface area contributed by atoms with Crippen LogP contribution in [0.5, 0.6) is 0 Å². The molecule has 0 radical (unpaired) electrons. The van der Waals surface area contributed by atoms with Gasteiger partial charge in [0.25, 0.3) is 5.56 Å². The summed E-state index contributed by atoms with van der Waals surface area (Å²) in [6.45, 7) is 5.13. The van der Waals surface area contributed by atoms with E-state index in [1.807, 2.05) is 0 Å². The van der Waals surface area contributed by atoms with Crippen LogP contribution in [0.3, 0.4) is 0 Å². The van der Waals surface area contributed by atoms with Gasteiger partial charge in [-0.2, -0.15) is 0 Å². The molecular formula is C10H17ClN4O2. The third-order valence-corrected chi connectivity index (χ3v) is 2.53. The molecule has 1 fully saturated rings. The van der Waals surface area contributed by atoms with Gasteiger partial charge in [0.05, 0.1) is 13.2 Å². The normalized spacial score (nSPS) is 16.2. The molecule has 1 aromatic rings. The molecular weight excluding hydrogens is 244 g/mol. The van der Waals surface area contributed by atoms with Gasteiger partial charge in [-0.25, -0.2) is 4.98 Å². The molecule has 1 saturated heterocycles. The molecule has 0 amide bonds. The van der Waals surface area contributed by atoms with E-state index in [1.165, 1.54) is 6.20 Å². The third kappa shape index (κ3) is 4.33. The Bertz CT molecular complexity index is 379. The first-order valence-electron chi connectivity index (χ1n) is 5.44. The second-order valence-corrected chi connectivity index (χ2v) is 3.65. The van der Waals surface area contributed by atoms with Crippen molar-refractivity contribution >= 4 is 18.2 Å². The highest BCUT2D eigenvalue weighted by Gasteiger charge is 2.09. The Morgan fingerprint density at radius 3 is 2.94 bits per heavy atom. The number of rotatable bonds is 4. The van der Waals surface area contributed by atoms with Gasteiger partial charge in [0.1, 0.15) is 0 Å². The summed E-state index contributed by atoms with van der Waals surface area (Å²) >= 11 is 0. The van der Waals surface area contributed by atoms with E-state index in [2.05, 4.69) is 20.2 Å². The molecule has 0 bridgehead atoms. The van der Waals surface area contributed by atoms with E-state index in [0.29, 0.717) is 5.82 Å². The van der Waals surface area contributed by atoms with Crippen molar-refractivity contribution in [1.82, 2.24) is 14.9 Å². The second-order valence-electron chi connectivity index (χ2n) is 3.65. The average Bonchev–Trinajstić information content (AvgIpc) is 2.33. The lowest BCUT2D eigenvalue weighted by molar-refractivity contribution is 0.0398. The van der Waals surface area contributed by atoms with Crippen LogP contribution in [0.15, 0.2) is 17.2 Å². The summed E-state index contributed by atoms with van der Waals surface area (Å²) in [5.41, 5.74) is -0.176. The summed E-state index contributed by atoms with van der Waals surface area (Å²) in [7, 11) is 0. The Morgan fingerprint density at radius 1 is 1.47 bits per heavy atom. The summed E-state index contributed by atoms with van der Waals surface area (Å²) in [5.74, 6) is 0.385. The van der Waals surface area contributed by atoms with Gasteiger partial charge in [-0.3, -0.25) is 9.69 Å². The van der Waals surface area contributed by atoms with Crippen LogP contribution in [-0.2, 0) is 4.74 Å². The van der Waals surface area contributed by atoms with Crippen molar-refractivity contribution < 1.29 is 4.74 Å². The average molecular weight is 261 g/mol. The first-order chi connectivity index (χ1) is 7.86. The fourth-order valence-corrected chi connectivity index (χ4v) is 1.63. The summed E-state index contributed by atoms with van der Waals surface area (Å²) in [6, 6.07) is 0. The Kier molecular flexibility index (Phi) is 5.96. The van der Waals surface area contributed by atoms with Gasteiger partial charge in [-0.1, -0.05) is 0 Å². The zero-order valence-corrected chi connectivity index (χ0v) is 10.3. The number of hydrogen-bond donors (Lipinski definition) is 2. The number of hydrogen-bond acceptors (Lipinski definition) is 5. The second kappa shape index (κ2) is 7.26. The van der Waals surface area contributed by atoms with E-state index in [9.17, 15) is 4.79 Å². The van der Waals surface area contributed by atoms with Crippen LogP contribution in [0.4, 0.5) is 5.82 Å². The Balaban J connectivity index is 0.00000144. The Labute approximate surface area is 106 Å². The molecule has 0 atom stereocenters. The van der Waals surface area contributed by atoms with Crippen molar-refractivity contribution in [2.75, 3.05) is 44.7 Å². The van der Waals surface area contributed by atoms with Crippen LogP contribution < -0.4 is 10.9 Å². The number of aromatic amines is 1. The number of nitrogens with zero attached hydrogens (tertiary/aromatic N) is 2. The first-order valence-corrected chi connectivity index (χ1v) is 5.44. The lowest BCUT2D eigenvalue weighted by Gasteiger charge is -2.26. The minimum absolute atomic E-state index is 0. The molecule has 0 unspecified atom stereocenters. The number of H-pyrrole nitrogens is 1. The lowest BCUT2D eigenvalue weighted by Crippen LogP contribution is -2.39. The highest BCUT2D eigenvalue weighted by atomic mass is 35.5. The molecule has 0 aromatic carbocycles. The highest BCUT2D eigenvalue weighted by molar-refractivity contribution is 5.85. The van der Waals surface area contributed by atoms with Gasteiger partial charge in [-0.15, -0.1) is 12.4 Å². The van der Waals surface area contributed by atoms with E-state index in [0.717, 1.165) is 39.4 Å². The molecule has 96 valence electrons. The molecule has 2 heterocycles. The summed E-state index contributed by atoms with van der Waals surface area (Å²) in [5, 5.41) is 3.02. The molecule has 7 heteroatoms. The molecule has 0 saturated carbocycles. The molecule has 1 aliphatic heterocycles. The first kappa shape index (κ1) is 14.0. The minimum Gasteiger partial charge on any atom is -0.379 e. The smallest absolute Gasteiger partial charge is 0.290 e. The van der Waals surface area contributed by atoms with Gasteiger partial charge in [-0.05, 0) is 0 Å². The molecule has 2 rings (SSSR count). The third-order valence-electron chi connectivity index (χ3n) is 2.53. The number of nitrogens with one attached hydrogen (secondary N) is 2. The van der Waals surface area contributed by atoms with Crippen molar-refractivity contribution in [2.24, 2.45) is 0 Å². The Hall–Kier alpha value is -1.11. The largest absolute Gasteiger partial charge is 0.379 e. The van der Waals surface area contributed by atoms with Gasteiger partial charge in [0, 0.05) is 38.6 Å². The standard InChI is InChI=1S/C10H16N4O2.ClH/c15-10-9(11-1-2-13-10)12-3-4-14-5-7-16-8-6-14;/h1-2H,3-8H2,(H,11,12)(H,13,15);1H. The van der Waals surface area contributed by atoms with Gasteiger partial charge in [0.2, 0.25) is 0 Å². The summed E-state index contributed by atoms with van der Waals surface area (Å²) < 4.78 is 5.25. The fourth-order valence-electron chi connectivity index (χ4n) is 1.63. The van der Waals surface area contributed by atoms with Gasteiger partial charge in [0.15, 0.2) is 5.82 Å². The maximum absolute atomic E-state index is 11.3. The SMILES string of the molecule is Cl.O=c1[nH]ccnc1NCCN1CCOCC1. The monoisotopic (exact) mass is 260 g/mol. The molecule has 2 N–H and O–H groups in total. The van der Waals surface area contributed by atoms with E-state index < -0.39 is 0 Å². The van der Waals surface area contributed by atoms with Crippen molar-refractivity contribution in [3.8, 4) is 0 Å². The minimum atomic E-state index is -0.176. The lowest BCUT2D eigenvalue weighted by atomic mass is 10.4. The zero-order valence-electron chi connectivity index (χ0n) is 9.52. The van der Waals surface area contributed by atoms with Crippen LogP contribution in [0.1, 0.15) is 0 Å². The molecule has 1 aliphatic rings. The molecule has 17 heavy (non-hydrogen) atoms. The van der Waals surface area contributed by atoms with Gasteiger partial charge >= 0.3 is 0 Å². The van der Waals surface area contributed by atoms with Crippen LogP contribution in [0.25, 0.3) is 0 Å². The highest BCUT2D eigenvalue weighted by Crippen LogP contribution is 1.96. The maximum Gasteiger partial charge on any atom is 0.290 e. The zero-order chi connectivity index (χ0) is 11.2. The summed E-state index contributed by atoms with van der Waals surface area (Å²) in [4.78, 5) is 20.1. The number of anilines is 1. The fraction of sp³-hybridized carbons (Fsp3) is 0.600. The topological polar surface area (TPSA) is 70.2 Å².